The second-order valence-corrected chi connectivity index (χ2v) is 4.43. The van der Waals surface area contributed by atoms with Crippen LogP contribution in [0.4, 0.5) is 4.39 Å². The van der Waals surface area contributed by atoms with Gasteiger partial charge in [-0.05, 0) is 18.2 Å². The average Bonchev–Trinajstić information content (AvgIpc) is 2.84. The Kier molecular flexibility index (Phi) is 4.18. The smallest absolute Gasteiger partial charge is 0.325 e. The lowest BCUT2D eigenvalue weighted by atomic mass is 10.2. The van der Waals surface area contributed by atoms with Crippen LogP contribution in [-0.4, -0.2) is 38.8 Å². The van der Waals surface area contributed by atoms with E-state index < -0.39 is 24.2 Å². The van der Waals surface area contributed by atoms with Gasteiger partial charge in [0.15, 0.2) is 5.82 Å². The van der Waals surface area contributed by atoms with Crippen LogP contribution in [0.2, 0.25) is 5.02 Å². The number of halogens is 2. The van der Waals surface area contributed by atoms with Crippen molar-refractivity contribution < 1.29 is 19.1 Å². The molecule has 0 fully saturated rings. The molecule has 1 heterocycles. The standard InChI is InChI=1S/C12H10ClFN4O3/c1-15-12(21)11-16-10(17-18(11)5-9(19)20)6-2-3-7(13)8(14)4-6/h2-4H,5H2,1H3,(H,15,21)(H,19,20). The van der Waals surface area contributed by atoms with Crippen molar-refractivity contribution in [1.82, 2.24) is 20.1 Å². The van der Waals surface area contributed by atoms with Crippen molar-refractivity contribution in [2.24, 2.45) is 0 Å². The largest absolute Gasteiger partial charge is 0.480 e. The zero-order valence-corrected chi connectivity index (χ0v) is 11.6. The van der Waals surface area contributed by atoms with Gasteiger partial charge in [-0.2, -0.15) is 0 Å². The molecule has 0 atom stereocenters. The van der Waals surface area contributed by atoms with Crippen LogP contribution in [0.3, 0.4) is 0 Å². The van der Waals surface area contributed by atoms with Gasteiger partial charge in [0.1, 0.15) is 12.4 Å². The Morgan fingerprint density at radius 2 is 2.19 bits per heavy atom. The van der Waals surface area contributed by atoms with Gasteiger partial charge in [-0.1, -0.05) is 11.6 Å². The number of benzene rings is 1. The first-order valence-electron chi connectivity index (χ1n) is 5.76. The topological polar surface area (TPSA) is 97.1 Å². The van der Waals surface area contributed by atoms with Crippen LogP contribution >= 0.6 is 11.6 Å². The van der Waals surface area contributed by atoms with E-state index in [4.69, 9.17) is 16.7 Å². The van der Waals surface area contributed by atoms with E-state index in [-0.39, 0.29) is 22.2 Å². The van der Waals surface area contributed by atoms with E-state index in [0.29, 0.717) is 0 Å². The number of carboxylic acids is 1. The number of nitrogens with zero attached hydrogens (tertiary/aromatic N) is 3. The van der Waals surface area contributed by atoms with Gasteiger partial charge in [0, 0.05) is 12.6 Å². The Morgan fingerprint density at radius 1 is 1.48 bits per heavy atom. The summed E-state index contributed by atoms with van der Waals surface area (Å²) in [7, 11) is 1.38. The Bertz CT molecular complexity index is 717. The number of aliphatic carboxylic acids is 1. The number of carboxylic acid groups (broad SMARTS) is 1. The summed E-state index contributed by atoms with van der Waals surface area (Å²) >= 11 is 5.58. The Hall–Kier alpha value is -2.48. The number of hydrogen-bond acceptors (Lipinski definition) is 4. The molecule has 21 heavy (non-hydrogen) atoms. The third-order valence-electron chi connectivity index (χ3n) is 2.56. The van der Waals surface area contributed by atoms with Crippen molar-refractivity contribution in [1.29, 1.82) is 0 Å². The summed E-state index contributed by atoms with van der Waals surface area (Å²) in [5.74, 6) is -2.58. The first-order valence-corrected chi connectivity index (χ1v) is 6.14. The van der Waals surface area contributed by atoms with E-state index >= 15 is 0 Å². The maximum absolute atomic E-state index is 13.4. The molecular weight excluding hydrogens is 303 g/mol. The summed E-state index contributed by atoms with van der Waals surface area (Å²) in [5, 5.41) is 15.0. The summed E-state index contributed by atoms with van der Waals surface area (Å²) in [6.45, 7) is -0.536. The molecule has 0 spiro atoms. The second-order valence-electron chi connectivity index (χ2n) is 4.02. The number of aromatic nitrogens is 3. The van der Waals surface area contributed by atoms with E-state index in [1.54, 1.807) is 0 Å². The lowest BCUT2D eigenvalue weighted by Gasteiger charge is -2.00. The number of carbonyl (C=O) groups excluding carboxylic acids is 1. The van der Waals surface area contributed by atoms with Gasteiger partial charge in [-0.3, -0.25) is 9.59 Å². The van der Waals surface area contributed by atoms with Crippen molar-refractivity contribution in [3.05, 3.63) is 34.9 Å². The normalized spacial score (nSPS) is 10.4. The van der Waals surface area contributed by atoms with Crippen molar-refractivity contribution in [3.63, 3.8) is 0 Å². The molecule has 2 aromatic rings. The minimum Gasteiger partial charge on any atom is -0.480 e. The molecule has 7 nitrogen and oxygen atoms in total. The van der Waals surface area contributed by atoms with Crippen LogP contribution in [0.15, 0.2) is 18.2 Å². The quantitative estimate of drug-likeness (QED) is 0.883. The molecule has 0 saturated carbocycles. The highest BCUT2D eigenvalue weighted by Gasteiger charge is 2.19. The van der Waals surface area contributed by atoms with E-state index in [1.807, 2.05) is 0 Å². The van der Waals surface area contributed by atoms with E-state index in [1.165, 1.54) is 19.2 Å². The molecule has 0 radical (unpaired) electrons. The lowest BCUT2D eigenvalue weighted by molar-refractivity contribution is -0.137. The molecule has 0 saturated heterocycles. The molecular formula is C12H10ClFN4O3. The van der Waals surface area contributed by atoms with Crippen LogP contribution in [0.1, 0.15) is 10.6 Å². The Balaban J connectivity index is 2.49. The predicted octanol–water partition coefficient (Wildman–Crippen LogP) is 1.18. The minimum absolute atomic E-state index is 0.0328. The highest BCUT2D eigenvalue weighted by atomic mass is 35.5. The van der Waals surface area contributed by atoms with E-state index in [2.05, 4.69) is 15.4 Å². The molecule has 0 aliphatic carbocycles. The number of hydrogen-bond donors (Lipinski definition) is 2. The third-order valence-corrected chi connectivity index (χ3v) is 2.87. The van der Waals surface area contributed by atoms with Gasteiger partial charge in [-0.25, -0.2) is 14.1 Å². The molecule has 0 unspecified atom stereocenters. The summed E-state index contributed by atoms with van der Waals surface area (Å²) in [5.41, 5.74) is 0.284. The predicted molar refractivity (Wildman–Crippen MR) is 71.5 cm³/mol. The number of carbonyl (C=O) groups is 2. The van der Waals surface area contributed by atoms with Crippen molar-refractivity contribution in [2.75, 3.05) is 7.05 Å². The van der Waals surface area contributed by atoms with Crippen molar-refractivity contribution in [3.8, 4) is 11.4 Å². The molecule has 1 amide bonds. The molecule has 1 aromatic heterocycles. The van der Waals surface area contributed by atoms with Crippen LogP contribution in [0.5, 0.6) is 0 Å². The molecule has 9 heteroatoms. The van der Waals surface area contributed by atoms with Crippen LogP contribution in [-0.2, 0) is 11.3 Å². The van der Waals surface area contributed by atoms with Gasteiger partial charge in [0.25, 0.3) is 5.91 Å². The molecule has 110 valence electrons. The van der Waals surface area contributed by atoms with E-state index in [0.717, 1.165) is 10.7 Å². The van der Waals surface area contributed by atoms with Gasteiger partial charge in [0.2, 0.25) is 5.82 Å². The average molecular weight is 313 g/mol. The fourth-order valence-electron chi connectivity index (χ4n) is 1.62. The summed E-state index contributed by atoms with van der Waals surface area (Å²) < 4.78 is 14.4. The molecule has 2 N–H and O–H groups in total. The second kappa shape index (κ2) is 5.88. The van der Waals surface area contributed by atoms with Gasteiger partial charge in [0.05, 0.1) is 5.02 Å². The van der Waals surface area contributed by atoms with Crippen LogP contribution in [0, 0.1) is 5.82 Å². The number of rotatable bonds is 4. The molecule has 0 aliphatic rings. The van der Waals surface area contributed by atoms with Gasteiger partial charge in [-0.15, -0.1) is 5.10 Å². The minimum atomic E-state index is -1.18. The van der Waals surface area contributed by atoms with E-state index in [9.17, 15) is 14.0 Å². The monoisotopic (exact) mass is 312 g/mol. The van der Waals surface area contributed by atoms with Gasteiger partial charge >= 0.3 is 5.97 Å². The Morgan fingerprint density at radius 3 is 2.76 bits per heavy atom. The molecule has 1 aromatic carbocycles. The lowest BCUT2D eigenvalue weighted by Crippen LogP contribution is -2.25. The molecule has 2 rings (SSSR count). The maximum Gasteiger partial charge on any atom is 0.325 e. The van der Waals surface area contributed by atoms with Gasteiger partial charge < -0.3 is 10.4 Å². The summed E-state index contributed by atoms with van der Waals surface area (Å²) in [6, 6.07) is 3.90. The zero-order chi connectivity index (χ0) is 15.6. The van der Waals surface area contributed by atoms with Crippen LogP contribution in [0.25, 0.3) is 11.4 Å². The molecule has 0 aliphatic heterocycles. The summed E-state index contributed by atoms with van der Waals surface area (Å²) in [6.07, 6.45) is 0. The SMILES string of the molecule is CNC(=O)c1nc(-c2ccc(Cl)c(F)c2)nn1CC(=O)O. The van der Waals surface area contributed by atoms with Crippen molar-refractivity contribution in [2.45, 2.75) is 6.54 Å². The number of amides is 1. The zero-order valence-electron chi connectivity index (χ0n) is 10.8. The van der Waals surface area contributed by atoms with Crippen molar-refractivity contribution >= 4 is 23.5 Å². The fraction of sp³-hybridized carbons (Fsp3) is 0.167. The number of nitrogens with one attached hydrogen (secondary N) is 1. The highest BCUT2D eigenvalue weighted by Crippen LogP contribution is 2.22. The summed E-state index contributed by atoms with van der Waals surface area (Å²) in [4.78, 5) is 26.4. The maximum atomic E-state index is 13.4. The molecule has 0 bridgehead atoms. The first kappa shape index (κ1) is 14.9. The first-order chi connectivity index (χ1) is 9.92. The Labute approximate surface area is 123 Å². The third kappa shape index (κ3) is 3.16. The van der Waals surface area contributed by atoms with Crippen LogP contribution < -0.4 is 5.32 Å². The highest BCUT2D eigenvalue weighted by molar-refractivity contribution is 6.30. The fourth-order valence-corrected chi connectivity index (χ4v) is 1.74.